The summed E-state index contributed by atoms with van der Waals surface area (Å²) in [7, 11) is 0. The Labute approximate surface area is 126 Å². The van der Waals surface area contributed by atoms with E-state index in [1.54, 1.807) is 0 Å². The third kappa shape index (κ3) is 10.3. The molecule has 0 radical (unpaired) electrons. The van der Waals surface area contributed by atoms with E-state index in [2.05, 4.69) is 13.8 Å². The molecule has 0 amide bonds. The fourth-order valence-electron chi connectivity index (χ4n) is 2.84. The van der Waals surface area contributed by atoms with Gasteiger partial charge in [-0.25, -0.2) is 0 Å². The second-order valence-electron chi connectivity index (χ2n) is 5.12. The van der Waals surface area contributed by atoms with Gasteiger partial charge < -0.3 is 14.9 Å². The molecule has 108 valence electrons. The summed E-state index contributed by atoms with van der Waals surface area (Å²) in [6, 6.07) is 0. The fourth-order valence-corrected chi connectivity index (χ4v) is 2.84. The van der Waals surface area contributed by atoms with E-state index in [1.807, 2.05) is 0 Å². The van der Waals surface area contributed by atoms with E-state index in [4.69, 9.17) is 0 Å². The Morgan fingerprint density at radius 2 is 0.882 bits per heavy atom. The summed E-state index contributed by atoms with van der Waals surface area (Å²) in [4.78, 5) is 0. The van der Waals surface area contributed by atoms with Crippen LogP contribution in [0, 0.1) is 26.7 Å². The van der Waals surface area contributed by atoms with Gasteiger partial charge in [-0.05, 0) is 11.8 Å². The first kappa shape index (κ1) is 22.8. The van der Waals surface area contributed by atoms with E-state index in [0.717, 1.165) is 11.8 Å². The van der Waals surface area contributed by atoms with E-state index < -0.39 is 0 Å². The molecule has 2 saturated carbocycles. The van der Waals surface area contributed by atoms with Crippen LogP contribution in [0.25, 0.3) is 0 Å². The zero-order valence-corrected chi connectivity index (χ0v) is 16.3. The van der Waals surface area contributed by atoms with Crippen LogP contribution in [-0.4, -0.2) is 0 Å². The van der Waals surface area contributed by atoms with Crippen LogP contribution in [-0.2, 0) is 21.1 Å². The molecular weight excluding hydrogens is 376 g/mol. The van der Waals surface area contributed by atoms with Gasteiger partial charge in [-0.3, -0.25) is 0 Å². The van der Waals surface area contributed by atoms with Crippen molar-refractivity contribution in [1.82, 2.24) is 0 Å². The standard InChI is InChI=1S/2C7H14.2CH3.W.2H/c2*1-2-7-5-3-4-6-7;;;;;/h2*7H,2-6H2,1H3;2*1H3;;;/q;;2*-1;;;. The maximum absolute atomic E-state index is 2.30. The third-order valence-corrected chi connectivity index (χ3v) is 4.10. The van der Waals surface area contributed by atoms with Crippen LogP contribution < -0.4 is 0 Å². The van der Waals surface area contributed by atoms with Crippen LogP contribution in [0.15, 0.2) is 0 Å². The zero-order valence-electron chi connectivity index (χ0n) is 12.7. The molecule has 2 rings (SSSR count). The van der Waals surface area contributed by atoms with Crippen molar-refractivity contribution in [3.8, 4) is 0 Å². The summed E-state index contributed by atoms with van der Waals surface area (Å²) in [6.07, 6.45) is 14.9. The van der Waals surface area contributed by atoms with Gasteiger partial charge in [-0.1, -0.05) is 78.1 Å². The molecule has 1 heteroatoms. The second-order valence-corrected chi connectivity index (χ2v) is 5.12. The van der Waals surface area contributed by atoms with Gasteiger partial charge in [0, 0.05) is 0 Å². The quantitative estimate of drug-likeness (QED) is 0.523. The van der Waals surface area contributed by atoms with E-state index in [1.165, 1.54) is 64.2 Å². The van der Waals surface area contributed by atoms with Crippen LogP contribution in [0.2, 0.25) is 0 Å². The van der Waals surface area contributed by atoms with E-state index in [9.17, 15) is 0 Å². The molecule has 0 aliphatic heterocycles. The molecule has 0 aromatic heterocycles. The van der Waals surface area contributed by atoms with Crippen molar-refractivity contribution < 1.29 is 21.1 Å². The molecule has 2 aliphatic carbocycles. The van der Waals surface area contributed by atoms with Crippen molar-refractivity contribution in [2.45, 2.75) is 78.1 Å². The normalized spacial score (nSPS) is 19.4. The summed E-state index contributed by atoms with van der Waals surface area (Å²) < 4.78 is 0. The molecule has 2 aliphatic rings. The number of rotatable bonds is 2. The molecule has 2 fully saturated rings. The Morgan fingerprint density at radius 3 is 1.00 bits per heavy atom. The predicted octanol–water partition coefficient (Wildman–Crippen LogP) is 5.54. The molecule has 0 aromatic rings. The average Bonchev–Trinajstić information content (AvgIpc) is 2.92. The first-order valence-corrected chi connectivity index (χ1v) is 6.86. The fraction of sp³-hybridized carbons (Fsp3) is 0.875. The van der Waals surface area contributed by atoms with Gasteiger partial charge in [0.05, 0.1) is 0 Å². The summed E-state index contributed by atoms with van der Waals surface area (Å²) in [6.45, 7) is 4.60. The van der Waals surface area contributed by atoms with Crippen molar-refractivity contribution in [2.24, 2.45) is 11.8 Å². The summed E-state index contributed by atoms with van der Waals surface area (Å²) in [5, 5.41) is 0. The van der Waals surface area contributed by atoms with Crippen LogP contribution in [0.4, 0.5) is 0 Å². The first-order valence-electron chi connectivity index (χ1n) is 6.86. The zero-order chi connectivity index (χ0) is 10.2. The molecule has 0 bridgehead atoms. The molecular formula is C16H36W-2. The molecule has 0 heterocycles. The molecule has 0 unspecified atom stereocenters. The Balaban J connectivity index is -0.000000196. The van der Waals surface area contributed by atoms with Gasteiger partial charge in [-0.15, -0.1) is 0 Å². The SMILES string of the molecule is CCC1CCCC1.CCC1CCCC1.[CH3-].[CH3-].[WH2]. The summed E-state index contributed by atoms with van der Waals surface area (Å²) in [5.41, 5.74) is 0. The Morgan fingerprint density at radius 1 is 0.647 bits per heavy atom. The van der Waals surface area contributed by atoms with E-state index in [-0.39, 0.29) is 35.9 Å². The minimum absolute atomic E-state index is 0. The third-order valence-electron chi connectivity index (χ3n) is 4.10. The Hall–Kier alpha value is 0.688. The minimum atomic E-state index is 0. The van der Waals surface area contributed by atoms with Gasteiger partial charge in [-0.2, -0.15) is 0 Å². The summed E-state index contributed by atoms with van der Waals surface area (Å²) >= 11 is 0. The Bertz CT molecular complexity index is 105. The van der Waals surface area contributed by atoms with E-state index in [0.29, 0.717) is 0 Å². The van der Waals surface area contributed by atoms with Crippen molar-refractivity contribution >= 4 is 0 Å². The molecule has 0 nitrogen and oxygen atoms in total. The topological polar surface area (TPSA) is 0 Å². The van der Waals surface area contributed by atoms with Crippen LogP contribution in [0.3, 0.4) is 0 Å². The van der Waals surface area contributed by atoms with Crippen LogP contribution in [0.1, 0.15) is 78.1 Å². The van der Waals surface area contributed by atoms with Gasteiger partial charge in [0.2, 0.25) is 0 Å². The van der Waals surface area contributed by atoms with Gasteiger partial charge in [0.25, 0.3) is 0 Å². The molecule has 17 heavy (non-hydrogen) atoms. The van der Waals surface area contributed by atoms with Crippen LogP contribution in [0.5, 0.6) is 0 Å². The number of hydrogen-bond donors (Lipinski definition) is 0. The molecule has 0 aromatic carbocycles. The predicted molar refractivity (Wildman–Crippen MR) is 80.1 cm³/mol. The van der Waals surface area contributed by atoms with Crippen molar-refractivity contribution in [1.29, 1.82) is 0 Å². The van der Waals surface area contributed by atoms with Gasteiger partial charge >= 0.3 is 21.1 Å². The maximum atomic E-state index is 2.30. The monoisotopic (exact) mass is 412 g/mol. The molecule has 0 spiro atoms. The summed E-state index contributed by atoms with van der Waals surface area (Å²) in [5.74, 6) is 2.19. The number of hydrogen-bond acceptors (Lipinski definition) is 0. The van der Waals surface area contributed by atoms with Crippen molar-refractivity contribution in [2.75, 3.05) is 0 Å². The van der Waals surface area contributed by atoms with Gasteiger partial charge in [0.1, 0.15) is 0 Å². The molecule has 0 N–H and O–H groups in total. The average molecular weight is 412 g/mol. The van der Waals surface area contributed by atoms with Crippen molar-refractivity contribution in [3.05, 3.63) is 14.9 Å². The van der Waals surface area contributed by atoms with Crippen molar-refractivity contribution in [3.63, 3.8) is 0 Å². The van der Waals surface area contributed by atoms with Crippen LogP contribution >= 0.6 is 0 Å². The molecule has 0 atom stereocenters. The van der Waals surface area contributed by atoms with Gasteiger partial charge in [0.15, 0.2) is 0 Å². The van der Waals surface area contributed by atoms with E-state index >= 15 is 0 Å². The Kier molecular flexibility index (Phi) is 19.8. The molecule has 0 saturated heterocycles. The first-order chi connectivity index (χ1) is 6.86. The second kappa shape index (κ2) is 14.7.